The molecule has 0 spiro atoms. The summed E-state index contributed by atoms with van der Waals surface area (Å²) < 4.78 is 4.96. The van der Waals surface area contributed by atoms with E-state index < -0.39 is 0 Å². The van der Waals surface area contributed by atoms with Crippen LogP contribution >= 0.6 is 0 Å². The normalized spacial score (nSPS) is 13.0. The van der Waals surface area contributed by atoms with Crippen LogP contribution in [0.3, 0.4) is 0 Å². The summed E-state index contributed by atoms with van der Waals surface area (Å²) in [5, 5.41) is 15.6. The predicted molar refractivity (Wildman–Crippen MR) is 267 cm³/mol. The first-order valence-electron chi connectivity index (χ1n) is 21.6. The average molecular weight is 811 g/mol. The van der Waals surface area contributed by atoms with Crippen molar-refractivity contribution in [1.29, 1.82) is 5.41 Å². The van der Waals surface area contributed by atoms with E-state index in [-0.39, 0.29) is 5.41 Å². The minimum absolute atomic E-state index is 0.0661. The Labute approximate surface area is 367 Å². The van der Waals surface area contributed by atoms with Crippen LogP contribution in [0.1, 0.15) is 41.7 Å². The number of nitrogens with zero attached hydrogens (tertiary/aromatic N) is 2. The van der Waals surface area contributed by atoms with E-state index in [2.05, 4.69) is 169 Å². The zero-order chi connectivity index (χ0) is 42.8. The number of hydrogen-bond donors (Lipinski definition) is 2. The molecule has 63 heavy (non-hydrogen) atoms. The van der Waals surface area contributed by atoms with E-state index in [0.29, 0.717) is 11.4 Å². The van der Waals surface area contributed by atoms with Gasteiger partial charge in [-0.25, -0.2) is 0 Å². The van der Waals surface area contributed by atoms with Gasteiger partial charge in [-0.1, -0.05) is 172 Å². The number of hydrogen-bond acceptors (Lipinski definition) is 2. The third-order valence-corrected chi connectivity index (χ3v) is 13.1. The molecule has 1 aliphatic carbocycles. The summed E-state index contributed by atoms with van der Waals surface area (Å²) in [6.45, 7) is 7.05. The van der Waals surface area contributed by atoms with Crippen LogP contribution in [0.4, 0.5) is 0 Å². The number of aromatic nitrogens is 2. The van der Waals surface area contributed by atoms with E-state index in [1.165, 1.54) is 93.6 Å². The molecule has 302 valence electrons. The highest BCUT2D eigenvalue weighted by molar-refractivity contribution is 6.18. The van der Waals surface area contributed by atoms with Gasteiger partial charge in [0.25, 0.3) is 0 Å². The molecule has 2 heterocycles. The molecule has 0 amide bonds. The van der Waals surface area contributed by atoms with Crippen LogP contribution in [-0.2, 0) is 5.41 Å². The predicted octanol–water partition coefficient (Wildman–Crippen LogP) is 14.7. The molecule has 0 fully saturated rings. The van der Waals surface area contributed by atoms with Gasteiger partial charge in [0.15, 0.2) is 0 Å². The number of allylic oxidation sites excluding steroid dienone is 1. The van der Waals surface area contributed by atoms with Gasteiger partial charge in [-0.15, -0.1) is 0 Å². The number of rotatable bonds is 5. The van der Waals surface area contributed by atoms with Crippen molar-refractivity contribution in [3.63, 3.8) is 0 Å². The molecule has 3 N–H and O–H groups in total. The first kappa shape index (κ1) is 38.0. The molecule has 0 atom stereocenters. The van der Waals surface area contributed by atoms with E-state index in [4.69, 9.17) is 11.1 Å². The Balaban J connectivity index is 0.000000221. The molecule has 0 radical (unpaired) electrons. The summed E-state index contributed by atoms with van der Waals surface area (Å²) in [7, 11) is 0. The Kier molecular flexibility index (Phi) is 8.99. The van der Waals surface area contributed by atoms with Crippen LogP contribution in [-0.4, -0.2) is 14.8 Å². The number of aryl methyl sites for hydroxylation is 1. The number of benzene rings is 9. The molecule has 4 nitrogen and oxygen atoms in total. The monoisotopic (exact) mass is 810 g/mol. The standard InChI is InChI=1S/C44H32N2.C15H14N2/c1-27-24-37-42(33-15-6-9-17-36(33)44(37,2)3)43-41(27)34-16-8-11-19-39(34)46(43)31-22-23-40-35(26-31)32-14-7-10-18-38(32)45(40)30-21-20-28-12-4-5-13-29(28)25-30;16-14(12-7-3-1-4-8-12)11-15(17)13-9-5-2-6-10-13/h4-26H,1-3H3;1-11,16H,17H2/b;15-11-,16-14?. The average Bonchev–Trinajstić information content (AvgIpc) is 3.93. The second-order valence-electron chi connectivity index (χ2n) is 17.2. The van der Waals surface area contributed by atoms with E-state index in [0.717, 1.165) is 11.1 Å². The molecule has 2 aromatic heterocycles. The van der Waals surface area contributed by atoms with Crippen molar-refractivity contribution in [1.82, 2.24) is 9.13 Å². The van der Waals surface area contributed by atoms with Crippen LogP contribution in [0.2, 0.25) is 0 Å². The lowest BCUT2D eigenvalue weighted by atomic mass is 9.81. The lowest BCUT2D eigenvalue weighted by Gasteiger charge is -2.22. The highest BCUT2D eigenvalue weighted by Crippen LogP contribution is 2.54. The fourth-order valence-electron chi connectivity index (χ4n) is 10.1. The summed E-state index contributed by atoms with van der Waals surface area (Å²) in [5.74, 6) is 0. The molecular weight excluding hydrogens is 765 g/mol. The third-order valence-electron chi connectivity index (χ3n) is 13.1. The maximum absolute atomic E-state index is 7.95. The van der Waals surface area contributed by atoms with Crippen LogP contribution in [0.25, 0.3) is 82.6 Å². The van der Waals surface area contributed by atoms with Gasteiger partial charge in [-0.2, -0.15) is 0 Å². The first-order chi connectivity index (χ1) is 30.8. The smallest absolute Gasteiger partial charge is 0.0632 e. The van der Waals surface area contributed by atoms with E-state index in [1.54, 1.807) is 6.08 Å². The van der Waals surface area contributed by atoms with Gasteiger partial charge in [0, 0.05) is 49.6 Å². The molecule has 0 unspecified atom stereocenters. The summed E-state index contributed by atoms with van der Waals surface area (Å²) in [6.07, 6.45) is 1.69. The lowest BCUT2D eigenvalue weighted by Crippen LogP contribution is -2.15. The number of nitrogens with two attached hydrogens (primary N) is 1. The quantitative estimate of drug-likeness (QED) is 0.167. The molecule has 0 aliphatic heterocycles. The molecule has 12 rings (SSSR count). The van der Waals surface area contributed by atoms with E-state index in [1.807, 2.05) is 60.7 Å². The largest absolute Gasteiger partial charge is 0.398 e. The van der Waals surface area contributed by atoms with E-state index in [9.17, 15) is 0 Å². The summed E-state index contributed by atoms with van der Waals surface area (Å²) in [5.41, 5.74) is 23.0. The van der Waals surface area contributed by atoms with Crippen molar-refractivity contribution in [2.24, 2.45) is 5.73 Å². The fraction of sp³-hybridized carbons (Fsp3) is 0.0678. The van der Waals surface area contributed by atoms with Gasteiger partial charge in [0.2, 0.25) is 0 Å². The van der Waals surface area contributed by atoms with Gasteiger partial charge in [0.1, 0.15) is 0 Å². The molecular formula is C59H46N4. The van der Waals surface area contributed by atoms with Crippen molar-refractivity contribution in [2.45, 2.75) is 26.2 Å². The Morgan fingerprint density at radius 1 is 0.508 bits per heavy atom. The molecule has 11 aromatic rings. The molecule has 0 saturated carbocycles. The molecule has 0 bridgehead atoms. The van der Waals surface area contributed by atoms with Gasteiger partial charge in [-0.05, 0) is 99.6 Å². The van der Waals surface area contributed by atoms with Crippen LogP contribution < -0.4 is 5.73 Å². The van der Waals surface area contributed by atoms with Gasteiger partial charge in [0.05, 0.1) is 27.8 Å². The number of nitrogens with one attached hydrogen (secondary N) is 1. The van der Waals surface area contributed by atoms with Crippen LogP contribution in [0.5, 0.6) is 0 Å². The second-order valence-corrected chi connectivity index (χ2v) is 17.2. The summed E-state index contributed by atoms with van der Waals surface area (Å²) in [6, 6.07) is 70.9. The highest BCUT2D eigenvalue weighted by atomic mass is 15.0. The Morgan fingerprint density at radius 3 is 1.84 bits per heavy atom. The lowest BCUT2D eigenvalue weighted by molar-refractivity contribution is 0.660. The van der Waals surface area contributed by atoms with E-state index >= 15 is 0 Å². The summed E-state index contributed by atoms with van der Waals surface area (Å²) in [4.78, 5) is 0. The zero-order valence-corrected chi connectivity index (χ0v) is 35.6. The van der Waals surface area contributed by atoms with Crippen molar-refractivity contribution in [3.05, 3.63) is 234 Å². The molecule has 4 heteroatoms. The van der Waals surface area contributed by atoms with Crippen LogP contribution in [0, 0.1) is 12.3 Å². The molecule has 9 aromatic carbocycles. The number of fused-ring (bicyclic) bond motifs is 11. The minimum Gasteiger partial charge on any atom is -0.398 e. The topological polar surface area (TPSA) is 59.7 Å². The SMILES string of the molecule is Cc1cc2c(c3c1c1ccccc1n3-c1ccc3c(c1)c1ccccc1n3-c1ccc3ccccc3c1)-c1ccccc1C2(C)C.N=C(/C=C(\N)c1ccccc1)c1ccccc1. The molecule has 1 aliphatic rings. The van der Waals surface area contributed by atoms with Crippen molar-refractivity contribution in [2.75, 3.05) is 0 Å². The zero-order valence-electron chi connectivity index (χ0n) is 35.6. The third kappa shape index (κ3) is 6.17. The fourth-order valence-corrected chi connectivity index (χ4v) is 10.1. The maximum atomic E-state index is 7.95. The Bertz CT molecular complexity index is 3620. The second kappa shape index (κ2) is 14.9. The summed E-state index contributed by atoms with van der Waals surface area (Å²) >= 11 is 0. The van der Waals surface area contributed by atoms with Gasteiger partial charge >= 0.3 is 0 Å². The van der Waals surface area contributed by atoms with Crippen molar-refractivity contribution in [3.8, 4) is 22.5 Å². The first-order valence-corrected chi connectivity index (χ1v) is 21.6. The van der Waals surface area contributed by atoms with Crippen LogP contribution in [0.15, 0.2) is 206 Å². The minimum atomic E-state index is -0.0661. The number of para-hydroxylation sites is 2. The van der Waals surface area contributed by atoms with Crippen molar-refractivity contribution < 1.29 is 0 Å². The Hall–Kier alpha value is -7.95. The molecule has 0 saturated heterocycles. The van der Waals surface area contributed by atoms with Gasteiger partial charge < -0.3 is 20.3 Å². The van der Waals surface area contributed by atoms with Crippen molar-refractivity contribution >= 4 is 65.8 Å². The Morgan fingerprint density at radius 2 is 1.08 bits per heavy atom. The van der Waals surface area contributed by atoms with Gasteiger partial charge in [-0.3, -0.25) is 0 Å². The highest BCUT2D eigenvalue weighted by Gasteiger charge is 2.38. The maximum Gasteiger partial charge on any atom is 0.0632 e.